The van der Waals surface area contributed by atoms with Crippen molar-refractivity contribution in [3.05, 3.63) is 21.7 Å². The molecule has 0 saturated heterocycles. The molecule has 2 aliphatic carbocycles. The van der Waals surface area contributed by atoms with E-state index >= 15 is 0 Å². The maximum absolute atomic E-state index is 11.5. The van der Waals surface area contributed by atoms with Crippen LogP contribution in [-0.4, -0.2) is 16.1 Å². The van der Waals surface area contributed by atoms with Gasteiger partial charge in [0.25, 0.3) is 5.56 Å². The Labute approximate surface area is 117 Å². The van der Waals surface area contributed by atoms with Crippen LogP contribution in [0.3, 0.4) is 0 Å². The van der Waals surface area contributed by atoms with Crippen molar-refractivity contribution in [2.45, 2.75) is 46.1 Å². The summed E-state index contributed by atoms with van der Waals surface area (Å²) in [5.74, 6) is 0.947. The number of H-pyrrole nitrogens is 1. The van der Waals surface area contributed by atoms with E-state index in [0.717, 1.165) is 12.8 Å². The molecule has 0 aliphatic heterocycles. The minimum absolute atomic E-state index is 0.0479. The molecule has 1 heterocycles. The summed E-state index contributed by atoms with van der Waals surface area (Å²) >= 11 is 5.96. The van der Waals surface area contributed by atoms with E-state index in [2.05, 4.69) is 30.7 Å². The average molecular weight is 283 g/mol. The van der Waals surface area contributed by atoms with Crippen molar-refractivity contribution in [3.63, 3.8) is 0 Å². The minimum atomic E-state index is -0.348. The van der Waals surface area contributed by atoms with E-state index in [-0.39, 0.29) is 33.4 Å². The Hall–Kier alpha value is -1.03. The highest BCUT2D eigenvalue weighted by Crippen LogP contribution is 2.66. The van der Waals surface area contributed by atoms with Gasteiger partial charge in [0.05, 0.1) is 6.33 Å². The van der Waals surface area contributed by atoms with Gasteiger partial charge in [-0.05, 0) is 30.6 Å². The number of rotatable bonds is 2. The van der Waals surface area contributed by atoms with E-state index in [1.807, 2.05) is 0 Å². The number of nitrogens with one attached hydrogen (secondary N) is 1. The Morgan fingerprint density at radius 3 is 2.79 bits per heavy atom. The van der Waals surface area contributed by atoms with E-state index in [4.69, 9.17) is 16.3 Å². The van der Waals surface area contributed by atoms with Crippen LogP contribution in [0.15, 0.2) is 11.1 Å². The number of hydrogen-bond acceptors (Lipinski definition) is 3. The molecule has 0 amide bonds. The van der Waals surface area contributed by atoms with E-state index in [1.54, 1.807) is 0 Å². The summed E-state index contributed by atoms with van der Waals surface area (Å²) in [7, 11) is 0. The predicted molar refractivity (Wildman–Crippen MR) is 73.5 cm³/mol. The van der Waals surface area contributed by atoms with Gasteiger partial charge >= 0.3 is 0 Å². The molecule has 0 aromatic carbocycles. The quantitative estimate of drug-likeness (QED) is 0.907. The maximum atomic E-state index is 11.5. The lowest BCUT2D eigenvalue weighted by molar-refractivity contribution is 0.0272. The van der Waals surface area contributed by atoms with Gasteiger partial charge in [-0.1, -0.05) is 32.4 Å². The number of hydrogen-bond donors (Lipinski definition) is 1. The topological polar surface area (TPSA) is 55.0 Å². The van der Waals surface area contributed by atoms with Crippen LogP contribution in [0, 0.1) is 16.7 Å². The molecule has 19 heavy (non-hydrogen) atoms. The molecule has 5 heteroatoms. The largest absolute Gasteiger partial charge is 0.473 e. The average Bonchev–Trinajstić information content (AvgIpc) is 2.68. The molecule has 2 aliphatic rings. The summed E-state index contributed by atoms with van der Waals surface area (Å²) in [6.45, 7) is 6.92. The number of aromatic amines is 1. The van der Waals surface area contributed by atoms with E-state index < -0.39 is 0 Å². The van der Waals surface area contributed by atoms with Crippen LogP contribution < -0.4 is 10.3 Å². The maximum Gasteiger partial charge on any atom is 0.273 e. The standard InChI is InChI=1S/C14H19ClN2O2/c1-13(2)8-4-5-14(13,3)9(6-8)19-12-10(15)11(18)16-7-17-12/h7-9H,4-6H2,1-3H3,(H,16,17,18). The molecule has 2 bridgehead atoms. The monoisotopic (exact) mass is 282 g/mol. The molecule has 104 valence electrons. The number of aromatic nitrogens is 2. The second-order valence-electron chi connectivity index (χ2n) is 6.57. The van der Waals surface area contributed by atoms with Crippen LogP contribution in [-0.2, 0) is 0 Å². The molecule has 4 nitrogen and oxygen atoms in total. The van der Waals surface area contributed by atoms with Crippen molar-refractivity contribution in [3.8, 4) is 5.88 Å². The fraction of sp³-hybridized carbons (Fsp3) is 0.714. The van der Waals surface area contributed by atoms with Crippen LogP contribution in [0.5, 0.6) is 5.88 Å². The smallest absolute Gasteiger partial charge is 0.273 e. The molecule has 3 atom stereocenters. The van der Waals surface area contributed by atoms with Gasteiger partial charge in [-0.2, -0.15) is 0 Å². The van der Waals surface area contributed by atoms with Gasteiger partial charge in [-0.25, -0.2) is 4.98 Å². The number of halogens is 1. The number of fused-ring (bicyclic) bond motifs is 2. The number of nitrogens with zero attached hydrogens (tertiary/aromatic N) is 1. The third-order valence-corrected chi connectivity index (χ3v) is 6.07. The van der Waals surface area contributed by atoms with Crippen LogP contribution in [0.2, 0.25) is 5.02 Å². The van der Waals surface area contributed by atoms with Crippen LogP contribution >= 0.6 is 11.6 Å². The lowest BCUT2D eigenvalue weighted by Crippen LogP contribution is -2.39. The first-order valence-corrected chi connectivity index (χ1v) is 7.14. The molecule has 0 radical (unpaired) electrons. The van der Waals surface area contributed by atoms with Gasteiger partial charge in [-0.3, -0.25) is 4.79 Å². The summed E-state index contributed by atoms with van der Waals surface area (Å²) in [5, 5.41) is 0.0479. The Morgan fingerprint density at radius 2 is 2.21 bits per heavy atom. The molecule has 1 aromatic heterocycles. The third kappa shape index (κ3) is 1.65. The number of ether oxygens (including phenoxy) is 1. The Morgan fingerprint density at radius 1 is 1.47 bits per heavy atom. The summed E-state index contributed by atoms with van der Waals surface area (Å²) in [6, 6.07) is 0. The zero-order valence-corrected chi connectivity index (χ0v) is 12.3. The molecule has 3 rings (SSSR count). The summed E-state index contributed by atoms with van der Waals surface area (Å²) in [5.41, 5.74) is 0.0515. The lowest BCUT2D eigenvalue weighted by Gasteiger charge is -2.38. The molecular formula is C14H19ClN2O2. The van der Waals surface area contributed by atoms with Crippen LogP contribution in [0.4, 0.5) is 0 Å². The van der Waals surface area contributed by atoms with Gasteiger partial charge in [-0.15, -0.1) is 0 Å². The highest BCUT2D eigenvalue weighted by molar-refractivity contribution is 6.31. The first-order chi connectivity index (χ1) is 8.86. The molecular weight excluding hydrogens is 264 g/mol. The summed E-state index contributed by atoms with van der Waals surface area (Å²) < 4.78 is 6.00. The first-order valence-electron chi connectivity index (χ1n) is 6.76. The fourth-order valence-electron chi connectivity index (χ4n) is 3.89. The molecule has 1 aromatic rings. The predicted octanol–water partition coefficient (Wildman–Crippen LogP) is 3.02. The fourth-order valence-corrected chi connectivity index (χ4v) is 4.04. The van der Waals surface area contributed by atoms with Gasteiger partial charge in [0, 0.05) is 5.41 Å². The van der Waals surface area contributed by atoms with Crippen molar-refractivity contribution in [1.82, 2.24) is 9.97 Å². The zero-order chi connectivity index (χ0) is 13.8. The summed E-state index contributed by atoms with van der Waals surface area (Å²) in [4.78, 5) is 18.0. The van der Waals surface area contributed by atoms with Gasteiger partial charge in [0.1, 0.15) is 6.10 Å². The van der Waals surface area contributed by atoms with Crippen molar-refractivity contribution in [2.24, 2.45) is 16.7 Å². The molecule has 3 unspecified atom stereocenters. The normalized spacial score (nSPS) is 35.6. The van der Waals surface area contributed by atoms with Crippen molar-refractivity contribution < 1.29 is 4.74 Å². The van der Waals surface area contributed by atoms with E-state index in [1.165, 1.54) is 12.7 Å². The van der Waals surface area contributed by atoms with Gasteiger partial charge in [0.15, 0.2) is 5.02 Å². The van der Waals surface area contributed by atoms with Crippen molar-refractivity contribution in [1.29, 1.82) is 0 Å². The highest BCUT2D eigenvalue weighted by Gasteiger charge is 2.62. The third-order valence-electron chi connectivity index (χ3n) is 5.73. The van der Waals surface area contributed by atoms with E-state index in [0.29, 0.717) is 5.92 Å². The van der Waals surface area contributed by atoms with Crippen molar-refractivity contribution >= 4 is 11.6 Å². The van der Waals surface area contributed by atoms with E-state index in [9.17, 15) is 4.79 Å². The Bertz CT molecular complexity index is 569. The van der Waals surface area contributed by atoms with Crippen LogP contribution in [0.25, 0.3) is 0 Å². The molecule has 2 saturated carbocycles. The molecule has 1 N–H and O–H groups in total. The Balaban J connectivity index is 1.90. The second-order valence-corrected chi connectivity index (χ2v) is 6.95. The molecule has 0 spiro atoms. The summed E-state index contributed by atoms with van der Waals surface area (Å²) in [6.07, 6.45) is 4.88. The zero-order valence-electron chi connectivity index (χ0n) is 11.5. The second kappa shape index (κ2) is 3.98. The minimum Gasteiger partial charge on any atom is -0.473 e. The Kier molecular flexibility index (Phi) is 2.72. The van der Waals surface area contributed by atoms with Crippen LogP contribution in [0.1, 0.15) is 40.0 Å². The lowest BCUT2D eigenvalue weighted by atomic mass is 9.70. The van der Waals surface area contributed by atoms with Gasteiger partial charge in [0.2, 0.25) is 5.88 Å². The molecule has 2 fully saturated rings. The van der Waals surface area contributed by atoms with Gasteiger partial charge < -0.3 is 9.72 Å². The van der Waals surface area contributed by atoms with Crippen molar-refractivity contribution in [2.75, 3.05) is 0 Å². The SMILES string of the molecule is CC1(C)C2CCC1(C)C(Oc1nc[nH]c(=O)c1Cl)C2. The first kappa shape index (κ1) is 13.0. The highest BCUT2D eigenvalue weighted by atomic mass is 35.5.